The van der Waals surface area contributed by atoms with Crippen molar-refractivity contribution in [3.8, 4) is 5.75 Å². The SMILES string of the molecule is Cc1ccc(N2C[C@H](C(=O)Oc3cccc(N4C(=O)[C@@H]5C6c7ccccc7C(c7ccccc76)[C@@H]5C4=O)c3)CC2=O)cc1Cl. The largest absolute Gasteiger partial charge is 0.426 e. The summed E-state index contributed by atoms with van der Waals surface area (Å²) in [6.07, 6.45) is 0.0143. The molecule has 4 aromatic rings. The average molecular weight is 603 g/mol. The third-order valence-electron chi connectivity index (χ3n) is 9.67. The van der Waals surface area contributed by atoms with Crippen LogP contribution in [0.4, 0.5) is 11.4 Å². The zero-order chi connectivity index (χ0) is 30.3. The molecule has 0 radical (unpaired) electrons. The molecular weight excluding hydrogens is 576 g/mol. The van der Waals surface area contributed by atoms with Crippen LogP contribution in [0.2, 0.25) is 5.02 Å². The molecule has 0 aromatic heterocycles. The number of hydrogen-bond acceptors (Lipinski definition) is 5. The van der Waals surface area contributed by atoms with Gasteiger partial charge in [-0.15, -0.1) is 0 Å². The molecule has 2 aliphatic heterocycles. The second kappa shape index (κ2) is 9.89. The fourth-order valence-electron chi connectivity index (χ4n) is 7.68. The first-order valence-electron chi connectivity index (χ1n) is 14.8. The Morgan fingerprint density at radius 3 is 1.91 bits per heavy atom. The minimum atomic E-state index is -0.670. The number of carbonyl (C=O) groups is 4. The highest BCUT2D eigenvalue weighted by molar-refractivity contribution is 6.31. The Balaban J connectivity index is 1.05. The molecule has 8 heteroatoms. The van der Waals surface area contributed by atoms with Crippen molar-refractivity contribution in [2.24, 2.45) is 17.8 Å². The van der Waals surface area contributed by atoms with Crippen LogP contribution in [0.25, 0.3) is 0 Å². The summed E-state index contributed by atoms with van der Waals surface area (Å²) in [7, 11) is 0. The van der Waals surface area contributed by atoms with Crippen LogP contribution >= 0.6 is 11.6 Å². The molecule has 3 amide bonds. The average Bonchev–Trinajstić information content (AvgIpc) is 3.55. The van der Waals surface area contributed by atoms with E-state index in [9.17, 15) is 19.2 Å². The summed E-state index contributed by atoms with van der Waals surface area (Å²) in [5.74, 6) is -3.09. The Morgan fingerprint density at radius 1 is 0.750 bits per heavy atom. The lowest BCUT2D eigenvalue weighted by Crippen LogP contribution is -2.41. The van der Waals surface area contributed by atoms with Crippen LogP contribution in [0.5, 0.6) is 5.75 Å². The maximum absolute atomic E-state index is 14.1. The number of amides is 3. The Hall–Kier alpha value is -4.75. The topological polar surface area (TPSA) is 84.0 Å². The number of benzene rings is 4. The molecule has 0 spiro atoms. The summed E-state index contributed by atoms with van der Waals surface area (Å²) in [4.78, 5) is 57.0. The highest BCUT2D eigenvalue weighted by Crippen LogP contribution is 2.61. The number of rotatable bonds is 4. The van der Waals surface area contributed by atoms with E-state index in [-0.39, 0.29) is 48.3 Å². The molecule has 2 saturated heterocycles. The Morgan fingerprint density at radius 2 is 1.34 bits per heavy atom. The fraction of sp³-hybridized carbons (Fsp3) is 0.222. The predicted molar refractivity (Wildman–Crippen MR) is 165 cm³/mol. The van der Waals surface area contributed by atoms with Gasteiger partial charge < -0.3 is 9.64 Å². The molecule has 0 saturated carbocycles. The minimum Gasteiger partial charge on any atom is -0.426 e. The fourth-order valence-corrected chi connectivity index (χ4v) is 7.86. The van der Waals surface area contributed by atoms with Gasteiger partial charge in [0.25, 0.3) is 0 Å². The van der Waals surface area contributed by atoms with Crippen LogP contribution in [-0.2, 0) is 19.2 Å². The van der Waals surface area contributed by atoms with Crippen molar-refractivity contribution in [1.29, 1.82) is 0 Å². The number of hydrogen-bond donors (Lipinski definition) is 0. The zero-order valence-corrected chi connectivity index (χ0v) is 24.5. The molecule has 7 nitrogen and oxygen atoms in total. The van der Waals surface area contributed by atoms with Gasteiger partial charge in [-0.3, -0.25) is 19.2 Å². The first kappa shape index (κ1) is 26.8. The van der Waals surface area contributed by atoms with E-state index in [0.717, 1.165) is 27.8 Å². The number of esters is 1. The highest BCUT2D eigenvalue weighted by atomic mass is 35.5. The summed E-state index contributed by atoms with van der Waals surface area (Å²) in [6.45, 7) is 2.05. The molecule has 0 N–H and O–H groups in total. The van der Waals surface area contributed by atoms with E-state index in [1.54, 1.807) is 41.3 Å². The first-order chi connectivity index (χ1) is 21.3. The third kappa shape index (κ3) is 3.88. The van der Waals surface area contributed by atoms with E-state index >= 15 is 0 Å². The van der Waals surface area contributed by atoms with E-state index in [1.807, 2.05) is 37.3 Å². The van der Waals surface area contributed by atoms with Gasteiger partial charge in [0, 0.05) is 41.6 Å². The quantitative estimate of drug-likeness (QED) is 0.162. The van der Waals surface area contributed by atoms with Crippen LogP contribution in [0.15, 0.2) is 91.0 Å². The number of halogens is 1. The van der Waals surface area contributed by atoms with Gasteiger partial charge in [-0.1, -0.05) is 72.3 Å². The lowest BCUT2D eigenvalue weighted by atomic mass is 9.55. The summed E-state index contributed by atoms with van der Waals surface area (Å²) >= 11 is 6.26. The standard InChI is InChI=1S/C36H27ClN2O5/c1-19-13-14-21(17-28(19)37)38-18-20(15-29(38)40)36(43)44-23-8-6-7-22(16-23)39-34(41)32-30-24-9-2-3-10-25(24)31(33(32)35(39)42)27-12-5-4-11-26(27)30/h2-14,16-17,20,30-33H,15,18H2,1H3/t20-,30?,31?,32-,33+/m1/s1. The van der Waals surface area contributed by atoms with Crippen molar-refractivity contribution in [1.82, 2.24) is 0 Å². The van der Waals surface area contributed by atoms with Gasteiger partial charge in [0.1, 0.15) is 5.75 Å². The monoisotopic (exact) mass is 602 g/mol. The molecule has 2 bridgehead atoms. The zero-order valence-electron chi connectivity index (χ0n) is 23.8. The Bertz CT molecular complexity index is 1800. The van der Waals surface area contributed by atoms with Gasteiger partial charge in [-0.2, -0.15) is 0 Å². The van der Waals surface area contributed by atoms with E-state index in [2.05, 4.69) is 24.3 Å². The molecule has 2 fully saturated rings. The molecule has 5 aliphatic rings. The number of aryl methyl sites for hydroxylation is 1. The molecule has 4 aromatic carbocycles. The smallest absolute Gasteiger partial charge is 0.316 e. The summed E-state index contributed by atoms with van der Waals surface area (Å²) < 4.78 is 5.73. The van der Waals surface area contributed by atoms with Crippen LogP contribution in [-0.4, -0.2) is 30.2 Å². The summed E-state index contributed by atoms with van der Waals surface area (Å²) in [6, 6.07) is 28.1. The molecular formula is C36H27ClN2O5. The molecule has 9 rings (SSSR count). The van der Waals surface area contributed by atoms with Crippen molar-refractivity contribution in [2.75, 3.05) is 16.3 Å². The van der Waals surface area contributed by atoms with Gasteiger partial charge in [-0.25, -0.2) is 4.90 Å². The van der Waals surface area contributed by atoms with Crippen LogP contribution in [0.3, 0.4) is 0 Å². The normalized spacial score (nSPS) is 24.8. The van der Waals surface area contributed by atoms with Gasteiger partial charge in [0.05, 0.1) is 23.4 Å². The van der Waals surface area contributed by atoms with Gasteiger partial charge in [-0.05, 0) is 59.0 Å². The number of imide groups is 1. The number of nitrogens with zero attached hydrogens (tertiary/aromatic N) is 2. The minimum absolute atomic E-state index is 0.0143. The number of ether oxygens (including phenoxy) is 1. The van der Waals surface area contributed by atoms with Gasteiger partial charge >= 0.3 is 5.97 Å². The van der Waals surface area contributed by atoms with E-state index < -0.39 is 23.7 Å². The van der Waals surface area contributed by atoms with Gasteiger partial charge in [0.2, 0.25) is 17.7 Å². The molecule has 2 heterocycles. The van der Waals surface area contributed by atoms with Gasteiger partial charge in [0.15, 0.2) is 0 Å². The Kier molecular flexibility index (Phi) is 6.04. The van der Waals surface area contributed by atoms with E-state index in [4.69, 9.17) is 16.3 Å². The summed E-state index contributed by atoms with van der Waals surface area (Å²) in [5, 5.41) is 0.546. The van der Waals surface area contributed by atoms with E-state index in [0.29, 0.717) is 16.4 Å². The summed E-state index contributed by atoms with van der Waals surface area (Å²) in [5.41, 5.74) is 6.33. The maximum atomic E-state index is 14.1. The molecule has 0 unspecified atom stereocenters. The van der Waals surface area contributed by atoms with Crippen molar-refractivity contribution in [3.05, 3.63) is 124 Å². The Labute approximate surface area is 259 Å². The second-order valence-electron chi connectivity index (χ2n) is 12.0. The number of carbonyl (C=O) groups excluding carboxylic acids is 4. The van der Waals surface area contributed by atoms with Crippen molar-refractivity contribution < 1.29 is 23.9 Å². The third-order valence-corrected chi connectivity index (χ3v) is 10.1. The van der Waals surface area contributed by atoms with Crippen LogP contribution in [0.1, 0.15) is 46.1 Å². The molecule has 3 aliphatic carbocycles. The molecule has 44 heavy (non-hydrogen) atoms. The second-order valence-corrected chi connectivity index (χ2v) is 12.4. The lowest BCUT2D eigenvalue weighted by Gasteiger charge is -2.45. The molecule has 3 atom stereocenters. The maximum Gasteiger partial charge on any atom is 0.316 e. The number of anilines is 2. The first-order valence-corrected chi connectivity index (χ1v) is 15.1. The lowest BCUT2D eigenvalue weighted by molar-refractivity contribution is -0.139. The predicted octanol–water partition coefficient (Wildman–Crippen LogP) is 6.00. The van der Waals surface area contributed by atoms with Crippen molar-refractivity contribution in [3.63, 3.8) is 0 Å². The van der Waals surface area contributed by atoms with Crippen LogP contribution < -0.4 is 14.5 Å². The molecule has 218 valence electrons. The highest BCUT2D eigenvalue weighted by Gasteiger charge is 2.61. The van der Waals surface area contributed by atoms with Crippen molar-refractivity contribution >= 4 is 46.7 Å². The van der Waals surface area contributed by atoms with E-state index in [1.165, 1.54) is 4.90 Å². The van der Waals surface area contributed by atoms with Crippen LogP contribution in [0, 0.1) is 24.7 Å². The van der Waals surface area contributed by atoms with Crippen molar-refractivity contribution in [2.45, 2.75) is 25.2 Å².